The topological polar surface area (TPSA) is 68.0 Å². The van der Waals surface area contributed by atoms with Gasteiger partial charge in [0.2, 0.25) is 0 Å². The van der Waals surface area contributed by atoms with Gasteiger partial charge in [-0.3, -0.25) is 0 Å². The first-order valence-electron chi connectivity index (χ1n) is 8.20. The molecule has 0 bridgehead atoms. The smallest absolute Gasteiger partial charge is 0.176 e. The van der Waals surface area contributed by atoms with Crippen LogP contribution in [0.15, 0.2) is 67.5 Å². The number of benzene rings is 1. The summed E-state index contributed by atoms with van der Waals surface area (Å²) in [5.41, 5.74) is 4.74. The maximum Gasteiger partial charge on any atom is 0.176 e. The second kappa shape index (κ2) is 6.68. The Bertz CT molecular complexity index is 965. The summed E-state index contributed by atoms with van der Waals surface area (Å²) in [6.45, 7) is 3.01. The third-order valence-corrected chi connectivity index (χ3v) is 4.18. The molecule has 3 aromatic heterocycles. The predicted octanol–water partition coefficient (Wildman–Crippen LogP) is 3.40. The van der Waals surface area contributed by atoms with Gasteiger partial charge in [0, 0.05) is 36.9 Å². The lowest BCUT2D eigenvalue weighted by molar-refractivity contribution is 0.803. The molecule has 0 aliphatic heterocycles. The van der Waals surface area contributed by atoms with E-state index in [1.165, 1.54) is 11.9 Å². The van der Waals surface area contributed by atoms with E-state index in [9.17, 15) is 0 Å². The molecule has 1 N–H and O–H groups in total. The summed E-state index contributed by atoms with van der Waals surface area (Å²) >= 11 is 0. The molecule has 0 unspecified atom stereocenters. The van der Waals surface area contributed by atoms with Crippen molar-refractivity contribution in [1.82, 2.24) is 24.6 Å². The van der Waals surface area contributed by atoms with E-state index in [1.807, 2.05) is 18.3 Å². The van der Waals surface area contributed by atoms with Crippen LogP contribution < -0.4 is 5.32 Å². The summed E-state index contributed by atoms with van der Waals surface area (Å²) in [6, 6.07) is 12.5. The summed E-state index contributed by atoms with van der Waals surface area (Å²) in [5, 5.41) is 8.10. The van der Waals surface area contributed by atoms with Crippen molar-refractivity contribution < 1.29 is 0 Å². The molecule has 25 heavy (non-hydrogen) atoms. The second-order valence-corrected chi connectivity index (χ2v) is 5.96. The fourth-order valence-electron chi connectivity index (χ4n) is 2.78. The summed E-state index contributed by atoms with van der Waals surface area (Å²) in [6.07, 6.45) is 8.62. The first-order valence-corrected chi connectivity index (χ1v) is 8.20. The van der Waals surface area contributed by atoms with Crippen LogP contribution in [0.5, 0.6) is 0 Å². The van der Waals surface area contributed by atoms with E-state index in [4.69, 9.17) is 0 Å². The van der Waals surface area contributed by atoms with Gasteiger partial charge in [0.25, 0.3) is 0 Å². The van der Waals surface area contributed by atoms with E-state index in [0.717, 1.165) is 29.1 Å². The number of fused-ring (bicyclic) bond motifs is 1. The number of nitrogens with zero attached hydrogens (tertiary/aromatic N) is 5. The van der Waals surface area contributed by atoms with Gasteiger partial charge < -0.3 is 5.32 Å². The van der Waals surface area contributed by atoms with E-state index >= 15 is 0 Å². The molecule has 0 amide bonds. The van der Waals surface area contributed by atoms with Gasteiger partial charge in [-0.2, -0.15) is 5.10 Å². The van der Waals surface area contributed by atoms with Gasteiger partial charge >= 0.3 is 0 Å². The van der Waals surface area contributed by atoms with E-state index in [2.05, 4.69) is 56.6 Å². The van der Waals surface area contributed by atoms with Crippen LogP contribution in [0.2, 0.25) is 0 Å². The molecule has 6 nitrogen and oxygen atoms in total. The van der Waals surface area contributed by atoms with Crippen molar-refractivity contribution in [1.29, 1.82) is 0 Å². The summed E-state index contributed by atoms with van der Waals surface area (Å²) in [5.74, 6) is 0.382. The van der Waals surface area contributed by atoms with Crippen LogP contribution in [0.1, 0.15) is 18.4 Å². The van der Waals surface area contributed by atoms with Crippen LogP contribution in [-0.2, 0) is 0 Å². The zero-order valence-electron chi connectivity index (χ0n) is 13.9. The van der Waals surface area contributed by atoms with Crippen LogP contribution in [0.3, 0.4) is 0 Å². The van der Waals surface area contributed by atoms with Gasteiger partial charge in [-0.05, 0) is 17.5 Å². The van der Waals surface area contributed by atoms with Gasteiger partial charge in [-0.15, -0.1) is 0 Å². The highest BCUT2D eigenvalue weighted by atomic mass is 15.3. The van der Waals surface area contributed by atoms with Gasteiger partial charge in [0.05, 0.1) is 11.4 Å². The molecule has 0 saturated heterocycles. The standard InChI is InChI=1S/C19H18N6/c1-14(15-5-3-2-4-6-15)10-23-18-9-17(16-11-20-13-21-12-16)24-25-8-7-22-19(18)25/h2-9,11-14,23H,10H2,1H3/t14-/m1/s1. The number of hydrogen-bond donors (Lipinski definition) is 1. The normalized spacial score (nSPS) is 12.2. The van der Waals surface area contributed by atoms with Gasteiger partial charge in [0.1, 0.15) is 6.33 Å². The van der Waals surface area contributed by atoms with E-state index in [-0.39, 0.29) is 0 Å². The zero-order chi connectivity index (χ0) is 17.1. The highest BCUT2D eigenvalue weighted by Crippen LogP contribution is 2.23. The van der Waals surface area contributed by atoms with Crippen molar-refractivity contribution in [3.8, 4) is 11.3 Å². The van der Waals surface area contributed by atoms with Crippen molar-refractivity contribution in [3.05, 3.63) is 73.1 Å². The average molecular weight is 330 g/mol. The van der Waals surface area contributed by atoms with Crippen molar-refractivity contribution in [2.24, 2.45) is 0 Å². The minimum Gasteiger partial charge on any atom is -0.381 e. The molecular formula is C19H18N6. The molecule has 0 fully saturated rings. The number of aromatic nitrogens is 5. The van der Waals surface area contributed by atoms with Crippen LogP contribution in [0, 0.1) is 0 Å². The highest BCUT2D eigenvalue weighted by Gasteiger charge is 2.11. The second-order valence-electron chi connectivity index (χ2n) is 5.96. The Morgan fingerprint density at radius 1 is 1.12 bits per heavy atom. The molecule has 6 heteroatoms. The lowest BCUT2D eigenvalue weighted by Crippen LogP contribution is -2.11. The monoisotopic (exact) mass is 330 g/mol. The third kappa shape index (κ3) is 3.19. The largest absolute Gasteiger partial charge is 0.381 e. The zero-order valence-corrected chi connectivity index (χ0v) is 13.9. The molecule has 124 valence electrons. The average Bonchev–Trinajstić information content (AvgIpc) is 3.16. The summed E-state index contributed by atoms with van der Waals surface area (Å²) < 4.78 is 1.78. The minimum absolute atomic E-state index is 0.382. The lowest BCUT2D eigenvalue weighted by atomic mass is 10.0. The SMILES string of the molecule is C[C@H](CNc1cc(-c2cncnc2)nn2ccnc12)c1ccccc1. The number of hydrogen-bond acceptors (Lipinski definition) is 5. The maximum absolute atomic E-state index is 4.59. The third-order valence-electron chi connectivity index (χ3n) is 4.18. The minimum atomic E-state index is 0.382. The van der Waals surface area contributed by atoms with Gasteiger partial charge in [-0.1, -0.05) is 37.3 Å². The molecule has 0 saturated carbocycles. The molecule has 4 rings (SSSR count). The Morgan fingerprint density at radius 2 is 1.92 bits per heavy atom. The van der Waals surface area contributed by atoms with Crippen molar-refractivity contribution in [3.63, 3.8) is 0 Å². The van der Waals surface area contributed by atoms with Crippen LogP contribution in [0.25, 0.3) is 16.9 Å². The van der Waals surface area contributed by atoms with Crippen molar-refractivity contribution >= 4 is 11.3 Å². The Hall–Kier alpha value is -3.28. The molecule has 0 aliphatic carbocycles. The molecule has 0 spiro atoms. The van der Waals surface area contributed by atoms with Crippen molar-refractivity contribution in [2.45, 2.75) is 12.8 Å². The molecule has 0 aliphatic rings. The van der Waals surface area contributed by atoms with Crippen molar-refractivity contribution in [2.75, 3.05) is 11.9 Å². The van der Waals surface area contributed by atoms with E-state index in [0.29, 0.717) is 5.92 Å². The molecule has 3 heterocycles. The van der Waals surface area contributed by atoms with E-state index < -0.39 is 0 Å². The number of anilines is 1. The summed E-state index contributed by atoms with van der Waals surface area (Å²) in [7, 11) is 0. The van der Waals surface area contributed by atoms with Crippen LogP contribution >= 0.6 is 0 Å². The number of nitrogens with one attached hydrogen (secondary N) is 1. The first-order chi connectivity index (χ1) is 12.3. The maximum atomic E-state index is 4.59. The lowest BCUT2D eigenvalue weighted by Gasteiger charge is -2.15. The molecular weight excluding hydrogens is 312 g/mol. The predicted molar refractivity (Wildman–Crippen MR) is 97.4 cm³/mol. The quantitative estimate of drug-likeness (QED) is 0.607. The number of rotatable bonds is 5. The molecule has 4 aromatic rings. The molecule has 0 radical (unpaired) electrons. The molecule has 1 aromatic carbocycles. The fraction of sp³-hybridized carbons (Fsp3) is 0.158. The first kappa shape index (κ1) is 15.3. The Kier molecular flexibility index (Phi) is 4.08. The number of imidazole rings is 1. The highest BCUT2D eigenvalue weighted by molar-refractivity contribution is 5.73. The molecule has 1 atom stereocenters. The Morgan fingerprint density at radius 3 is 2.72 bits per heavy atom. The summed E-state index contributed by atoms with van der Waals surface area (Å²) in [4.78, 5) is 12.6. The van der Waals surface area contributed by atoms with E-state index in [1.54, 1.807) is 23.1 Å². The van der Waals surface area contributed by atoms with Gasteiger partial charge in [-0.25, -0.2) is 19.5 Å². The van der Waals surface area contributed by atoms with Crippen LogP contribution in [0.4, 0.5) is 5.69 Å². The van der Waals surface area contributed by atoms with Crippen LogP contribution in [-0.4, -0.2) is 31.1 Å². The Labute approximate surface area is 145 Å². The fourth-order valence-corrected chi connectivity index (χ4v) is 2.78. The Balaban J connectivity index is 1.63. The van der Waals surface area contributed by atoms with Gasteiger partial charge in [0.15, 0.2) is 5.65 Å².